The second kappa shape index (κ2) is 4.75. The first kappa shape index (κ1) is 11.5. The van der Waals surface area contributed by atoms with Gasteiger partial charge in [0.25, 0.3) is 0 Å². The summed E-state index contributed by atoms with van der Waals surface area (Å²) < 4.78 is 0. The van der Waals surface area contributed by atoms with Crippen LogP contribution in [-0.2, 0) is 0 Å². The van der Waals surface area contributed by atoms with Crippen LogP contribution in [0.5, 0.6) is 0 Å². The molecule has 3 N–H and O–H groups in total. The van der Waals surface area contributed by atoms with Gasteiger partial charge in [0.05, 0.1) is 5.56 Å². The number of rotatable bonds is 4. The second-order valence-corrected chi connectivity index (χ2v) is 2.72. The summed E-state index contributed by atoms with van der Waals surface area (Å²) in [6, 6.07) is 3.04. The van der Waals surface area contributed by atoms with E-state index >= 15 is 0 Å². The Kier molecular flexibility index (Phi) is 3.40. The van der Waals surface area contributed by atoms with Crippen molar-refractivity contribution in [3.8, 4) is 6.07 Å². The Bertz CT molecular complexity index is 478. The minimum Gasteiger partial charge on any atom is -0.478 e. The smallest absolute Gasteiger partial charge is 0.339 e. The van der Waals surface area contributed by atoms with Crippen LogP contribution in [0, 0.1) is 11.3 Å². The highest BCUT2D eigenvalue weighted by atomic mass is 16.4. The molecule has 0 aromatic carbocycles. The molecule has 1 aromatic rings. The molecule has 1 heterocycles. The zero-order valence-electron chi connectivity index (χ0n) is 8.48. The average molecular weight is 219 g/mol. The van der Waals surface area contributed by atoms with Crippen molar-refractivity contribution in [2.75, 3.05) is 17.8 Å². The fraction of sp³-hybridized carbons (Fsp3) is 0.111. The summed E-state index contributed by atoms with van der Waals surface area (Å²) in [6.45, 7) is 3.20. The third-order valence-corrected chi connectivity index (χ3v) is 1.80. The van der Waals surface area contributed by atoms with Crippen LogP contribution in [0.25, 0.3) is 0 Å². The molecule has 0 aliphatic rings. The number of anilines is 2. The van der Waals surface area contributed by atoms with Crippen molar-refractivity contribution >= 4 is 24.3 Å². The van der Waals surface area contributed by atoms with Crippen LogP contribution < -0.4 is 10.7 Å². The number of carboxylic acids is 1. The quantitative estimate of drug-likeness (QED) is 0.508. The first-order valence-corrected chi connectivity index (χ1v) is 4.22. The first-order valence-electron chi connectivity index (χ1n) is 4.22. The number of nitrogens with one attached hydrogen (secondary N) is 2. The summed E-state index contributed by atoms with van der Waals surface area (Å²) in [5, 5.41) is 23.7. The number of carbonyl (C=O) groups is 1. The molecule has 0 saturated carbocycles. The predicted molar refractivity (Wildman–Crippen MR) is 58.6 cm³/mol. The van der Waals surface area contributed by atoms with Crippen LogP contribution in [0.15, 0.2) is 11.2 Å². The van der Waals surface area contributed by atoms with Gasteiger partial charge in [-0.05, 0) is 6.07 Å². The summed E-state index contributed by atoms with van der Waals surface area (Å²) in [7, 11) is 1.53. The molecule has 0 spiro atoms. The van der Waals surface area contributed by atoms with Crippen LogP contribution in [0.3, 0.4) is 0 Å². The summed E-state index contributed by atoms with van der Waals surface area (Å²) in [5.74, 6) is -0.851. The van der Waals surface area contributed by atoms with Gasteiger partial charge in [0.1, 0.15) is 17.5 Å². The van der Waals surface area contributed by atoms with Gasteiger partial charge in [-0.15, -0.1) is 0 Å². The highest BCUT2D eigenvalue weighted by Crippen LogP contribution is 2.20. The van der Waals surface area contributed by atoms with Crippen molar-refractivity contribution in [1.29, 1.82) is 5.26 Å². The van der Waals surface area contributed by atoms with Gasteiger partial charge >= 0.3 is 5.97 Å². The van der Waals surface area contributed by atoms with Crippen molar-refractivity contribution in [3.05, 3.63) is 17.2 Å². The van der Waals surface area contributed by atoms with Crippen molar-refractivity contribution in [1.82, 2.24) is 4.98 Å². The molecule has 0 atom stereocenters. The molecule has 0 bridgehead atoms. The molecule has 1 aromatic heterocycles. The zero-order valence-corrected chi connectivity index (χ0v) is 8.48. The van der Waals surface area contributed by atoms with Gasteiger partial charge in [0, 0.05) is 13.8 Å². The molecular weight excluding hydrogens is 210 g/mol. The number of carboxylic acid groups (broad SMARTS) is 1. The van der Waals surface area contributed by atoms with Gasteiger partial charge in [0.15, 0.2) is 5.82 Å². The molecule has 0 saturated heterocycles. The van der Waals surface area contributed by atoms with Crippen LogP contribution in [0.4, 0.5) is 11.6 Å². The van der Waals surface area contributed by atoms with Crippen LogP contribution in [-0.4, -0.2) is 29.8 Å². The maximum absolute atomic E-state index is 10.9. The Morgan fingerprint density at radius 3 is 2.81 bits per heavy atom. The van der Waals surface area contributed by atoms with Crippen LogP contribution in [0.2, 0.25) is 0 Å². The zero-order chi connectivity index (χ0) is 12.1. The Labute approximate surface area is 91.4 Å². The minimum absolute atomic E-state index is 0.0753. The van der Waals surface area contributed by atoms with E-state index in [0.29, 0.717) is 0 Å². The van der Waals surface area contributed by atoms with E-state index in [1.165, 1.54) is 13.1 Å². The molecule has 1 rings (SSSR count). The highest BCUT2D eigenvalue weighted by molar-refractivity contribution is 5.94. The molecule has 7 heteroatoms. The summed E-state index contributed by atoms with van der Waals surface area (Å²) >= 11 is 0. The number of nitrogens with zero attached hydrogens (tertiary/aromatic N) is 3. The molecule has 0 fully saturated rings. The molecule has 16 heavy (non-hydrogen) atoms. The fourth-order valence-corrected chi connectivity index (χ4v) is 1.11. The number of aromatic carboxylic acids is 1. The molecule has 7 nitrogen and oxygen atoms in total. The van der Waals surface area contributed by atoms with Crippen molar-refractivity contribution in [2.45, 2.75) is 0 Å². The van der Waals surface area contributed by atoms with Gasteiger partial charge in [-0.25, -0.2) is 9.78 Å². The van der Waals surface area contributed by atoms with Gasteiger partial charge in [-0.2, -0.15) is 10.4 Å². The number of hydrazone groups is 1. The maximum atomic E-state index is 10.9. The molecular formula is C9H9N5O2. The lowest BCUT2D eigenvalue weighted by Crippen LogP contribution is -2.08. The Morgan fingerprint density at radius 2 is 2.38 bits per heavy atom. The molecule has 82 valence electrons. The lowest BCUT2D eigenvalue weighted by Gasteiger charge is -2.08. The van der Waals surface area contributed by atoms with E-state index in [-0.39, 0.29) is 22.8 Å². The molecule has 0 radical (unpaired) electrons. The average Bonchev–Trinajstić information content (AvgIpc) is 2.28. The van der Waals surface area contributed by atoms with Crippen molar-refractivity contribution < 1.29 is 9.90 Å². The molecule has 0 unspecified atom stereocenters. The summed E-state index contributed by atoms with van der Waals surface area (Å²) in [5.41, 5.74) is 2.43. The van der Waals surface area contributed by atoms with Gasteiger partial charge < -0.3 is 10.4 Å². The van der Waals surface area contributed by atoms with Crippen molar-refractivity contribution in [3.63, 3.8) is 0 Å². The van der Waals surface area contributed by atoms with Gasteiger partial charge in [-0.3, -0.25) is 5.43 Å². The number of aromatic nitrogens is 1. The van der Waals surface area contributed by atoms with E-state index in [4.69, 9.17) is 10.4 Å². The SMILES string of the molecule is C=NNc1nc(NC)c(C(=O)O)cc1C#N. The first-order chi connectivity index (χ1) is 7.63. The van der Waals surface area contributed by atoms with E-state index in [0.717, 1.165) is 0 Å². The third kappa shape index (κ3) is 2.06. The van der Waals surface area contributed by atoms with E-state index < -0.39 is 5.97 Å². The standard InChI is InChI=1S/C9H9N5O2/c1-11-8-6(9(15)16)3-5(4-10)7(13-8)14-12-2/h3H,2H2,1H3,(H,15,16)(H2,11,13,14). The molecule has 0 amide bonds. The topological polar surface area (TPSA) is 110 Å². The third-order valence-electron chi connectivity index (χ3n) is 1.80. The normalized spacial score (nSPS) is 9.00. The Hall–Kier alpha value is -2.62. The highest BCUT2D eigenvalue weighted by Gasteiger charge is 2.15. The number of pyridine rings is 1. The summed E-state index contributed by atoms with van der Waals surface area (Å²) in [6.07, 6.45) is 0. The van der Waals surface area contributed by atoms with Gasteiger partial charge in [-0.1, -0.05) is 0 Å². The molecule has 0 aliphatic carbocycles. The van der Waals surface area contributed by atoms with E-state index in [9.17, 15) is 4.79 Å². The maximum Gasteiger partial charge on any atom is 0.339 e. The minimum atomic E-state index is -1.16. The number of hydrogen-bond donors (Lipinski definition) is 3. The monoisotopic (exact) mass is 219 g/mol. The van der Waals surface area contributed by atoms with Crippen LogP contribution in [0.1, 0.15) is 15.9 Å². The van der Waals surface area contributed by atoms with Crippen molar-refractivity contribution in [2.24, 2.45) is 5.10 Å². The second-order valence-electron chi connectivity index (χ2n) is 2.72. The summed E-state index contributed by atoms with van der Waals surface area (Å²) in [4.78, 5) is 14.8. The van der Waals surface area contributed by atoms with E-state index in [2.05, 4.69) is 27.5 Å². The van der Waals surface area contributed by atoms with E-state index in [1.54, 1.807) is 0 Å². The lowest BCUT2D eigenvalue weighted by atomic mass is 10.2. The Morgan fingerprint density at radius 1 is 1.69 bits per heavy atom. The van der Waals surface area contributed by atoms with Gasteiger partial charge in [0.2, 0.25) is 0 Å². The predicted octanol–water partition coefficient (Wildman–Crippen LogP) is 0.721. The number of hydrogen-bond acceptors (Lipinski definition) is 6. The van der Waals surface area contributed by atoms with Crippen LogP contribution >= 0.6 is 0 Å². The fourth-order valence-electron chi connectivity index (χ4n) is 1.11. The number of nitriles is 1. The Balaban J connectivity index is 3.40. The largest absolute Gasteiger partial charge is 0.478 e. The lowest BCUT2D eigenvalue weighted by molar-refractivity contribution is 0.0697. The van der Waals surface area contributed by atoms with E-state index in [1.807, 2.05) is 6.07 Å². The molecule has 0 aliphatic heterocycles.